The molecule has 0 saturated heterocycles. The zero-order valence-electron chi connectivity index (χ0n) is 9.69. The highest BCUT2D eigenvalue weighted by molar-refractivity contribution is 7.98. The zero-order valence-corrected chi connectivity index (χ0v) is 12.0. The number of quaternary nitrogens is 1. The first-order chi connectivity index (χ1) is 8.58. The molecule has 2 rings (SSSR count). The molecular formula is C11H12Cl2N3OS+. The Morgan fingerprint density at radius 1 is 1.33 bits per heavy atom. The summed E-state index contributed by atoms with van der Waals surface area (Å²) in [5, 5.41) is 9.61. The quantitative estimate of drug-likeness (QED) is 0.882. The molecule has 0 aliphatic rings. The molecule has 0 amide bonds. The fraction of sp³-hybridized carbons (Fsp3) is 0.273. The Morgan fingerprint density at radius 3 is 2.56 bits per heavy atom. The second kappa shape index (κ2) is 5.93. The van der Waals surface area contributed by atoms with E-state index in [1.54, 1.807) is 12.1 Å². The number of hydrogen-bond acceptors (Lipinski definition) is 4. The summed E-state index contributed by atoms with van der Waals surface area (Å²) < 4.78 is 5.44. The minimum atomic E-state index is -0.0178. The topological polar surface area (TPSA) is 66.6 Å². The lowest BCUT2D eigenvalue weighted by atomic mass is 10.2. The van der Waals surface area contributed by atoms with Crippen LogP contribution in [0.5, 0.6) is 0 Å². The Hall–Kier alpha value is -0.750. The zero-order chi connectivity index (χ0) is 13.1. The average molecular weight is 305 g/mol. The Balaban J connectivity index is 2.07. The molecule has 1 heterocycles. The number of aromatic nitrogens is 2. The molecule has 0 saturated carbocycles. The molecule has 0 spiro atoms. The van der Waals surface area contributed by atoms with Gasteiger partial charge in [-0.2, -0.15) is 0 Å². The first kappa shape index (κ1) is 13.7. The molecule has 1 atom stereocenters. The van der Waals surface area contributed by atoms with E-state index in [1.807, 2.05) is 13.0 Å². The molecule has 0 bridgehead atoms. The van der Waals surface area contributed by atoms with E-state index in [2.05, 4.69) is 15.9 Å². The van der Waals surface area contributed by atoms with E-state index in [0.29, 0.717) is 26.9 Å². The van der Waals surface area contributed by atoms with Gasteiger partial charge in [0.1, 0.15) is 0 Å². The Morgan fingerprint density at radius 2 is 2.00 bits per heavy atom. The summed E-state index contributed by atoms with van der Waals surface area (Å²) in [4.78, 5) is 0. The number of thioether (sulfide) groups is 1. The van der Waals surface area contributed by atoms with Crippen LogP contribution >= 0.6 is 35.0 Å². The van der Waals surface area contributed by atoms with Gasteiger partial charge in [0, 0.05) is 15.8 Å². The van der Waals surface area contributed by atoms with Crippen LogP contribution in [0.3, 0.4) is 0 Å². The number of rotatable bonds is 4. The third-order valence-electron chi connectivity index (χ3n) is 2.25. The molecule has 1 aromatic heterocycles. The molecule has 96 valence electrons. The van der Waals surface area contributed by atoms with Gasteiger partial charge in [0.05, 0.1) is 0 Å². The average Bonchev–Trinajstić information content (AvgIpc) is 2.77. The Labute approximate surface area is 119 Å². The molecule has 1 aromatic carbocycles. The van der Waals surface area contributed by atoms with Gasteiger partial charge in [-0.1, -0.05) is 41.0 Å². The first-order valence-corrected chi connectivity index (χ1v) is 7.04. The number of benzene rings is 1. The minimum Gasteiger partial charge on any atom is -0.410 e. The normalized spacial score (nSPS) is 12.7. The fourth-order valence-corrected chi connectivity index (χ4v) is 2.79. The van der Waals surface area contributed by atoms with Crippen molar-refractivity contribution in [3.63, 3.8) is 0 Å². The van der Waals surface area contributed by atoms with Gasteiger partial charge in [0.25, 0.3) is 11.1 Å². The first-order valence-electron chi connectivity index (χ1n) is 5.30. The second-order valence-electron chi connectivity index (χ2n) is 3.80. The predicted octanol–water partition coefficient (Wildman–Crippen LogP) is 2.97. The molecule has 2 aromatic rings. The monoisotopic (exact) mass is 304 g/mol. The van der Waals surface area contributed by atoms with Crippen molar-refractivity contribution in [3.8, 4) is 0 Å². The lowest BCUT2D eigenvalue weighted by Crippen LogP contribution is -2.51. The highest BCUT2D eigenvalue weighted by atomic mass is 35.5. The number of nitrogens with zero attached hydrogens (tertiary/aromatic N) is 2. The molecule has 4 nitrogen and oxygen atoms in total. The second-order valence-corrected chi connectivity index (χ2v) is 5.54. The van der Waals surface area contributed by atoms with Gasteiger partial charge < -0.3 is 10.2 Å². The number of halogens is 2. The van der Waals surface area contributed by atoms with Gasteiger partial charge in [-0.05, 0) is 24.6 Å². The van der Waals surface area contributed by atoms with Gasteiger partial charge in [-0.3, -0.25) is 0 Å². The smallest absolute Gasteiger partial charge is 0.277 e. The summed E-state index contributed by atoms with van der Waals surface area (Å²) in [5.74, 6) is 1.12. The molecule has 0 fully saturated rings. The molecule has 0 unspecified atom stereocenters. The molecule has 3 N–H and O–H groups in total. The van der Waals surface area contributed by atoms with E-state index in [4.69, 9.17) is 27.6 Å². The third-order valence-corrected chi connectivity index (χ3v) is 3.80. The van der Waals surface area contributed by atoms with Crippen LogP contribution in [0.15, 0.2) is 27.8 Å². The van der Waals surface area contributed by atoms with Gasteiger partial charge in [0.2, 0.25) is 0 Å². The van der Waals surface area contributed by atoms with Crippen LogP contribution in [0.4, 0.5) is 0 Å². The Kier molecular flexibility index (Phi) is 4.50. The lowest BCUT2D eigenvalue weighted by Gasteiger charge is -2.04. The summed E-state index contributed by atoms with van der Waals surface area (Å²) in [6.07, 6.45) is 0. The predicted molar refractivity (Wildman–Crippen MR) is 71.6 cm³/mol. The maximum Gasteiger partial charge on any atom is 0.277 e. The van der Waals surface area contributed by atoms with E-state index < -0.39 is 0 Å². The van der Waals surface area contributed by atoms with Crippen molar-refractivity contribution in [2.75, 3.05) is 0 Å². The van der Waals surface area contributed by atoms with Crippen LogP contribution in [0, 0.1) is 0 Å². The van der Waals surface area contributed by atoms with Crippen molar-refractivity contribution in [2.24, 2.45) is 0 Å². The van der Waals surface area contributed by atoms with Crippen LogP contribution in [0.25, 0.3) is 0 Å². The van der Waals surface area contributed by atoms with E-state index in [9.17, 15) is 0 Å². The summed E-state index contributed by atoms with van der Waals surface area (Å²) in [6, 6.07) is 5.41. The molecule has 0 radical (unpaired) electrons. The number of hydrogen-bond donors (Lipinski definition) is 1. The Bertz CT molecular complexity index is 525. The van der Waals surface area contributed by atoms with Crippen LogP contribution in [-0.2, 0) is 5.75 Å². The van der Waals surface area contributed by atoms with E-state index in [1.165, 1.54) is 11.8 Å². The third kappa shape index (κ3) is 3.17. The van der Waals surface area contributed by atoms with E-state index >= 15 is 0 Å². The van der Waals surface area contributed by atoms with Crippen molar-refractivity contribution in [1.82, 2.24) is 10.2 Å². The van der Waals surface area contributed by atoms with Crippen LogP contribution in [0.2, 0.25) is 10.0 Å². The van der Waals surface area contributed by atoms with Gasteiger partial charge in [-0.15, -0.1) is 10.2 Å². The van der Waals surface area contributed by atoms with Crippen LogP contribution < -0.4 is 5.73 Å². The van der Waals surface area contributed by atoms with Crippen LogP contribution in [0.1, 0.15) is 24.4 Å². The van der Waals surface area contributed by atoms with Gasteiger partial charge in [0.15, 0.2) is 6.04 Å². The molecule has 18 heavy (non-hydrogen) atoms. The molecule has 7 heteroatoms. The lowest BCUT2D eigenvalue weighted by molar-refractivity contribution is -0.425. The van der Waals surface area contributed by atoms with Crippen molar-refractivity contribution >= 4 is 35.0 Å². The SMILES string of the molecule is C[C@H]([NH3+])c1nnc(SCc2c(Cl)cccc2Cl)o1. The maximum absolute atomic E-state index is 6.08. The summed E-state index contributed by atoms with van der Waals surface area (Å²) in [7, 11) is 0. The van der Waals surface area contributed by atoms with Crippen LogP contribution in [-0.4, -0.2) is 10.2 Å². The van der Waals surface area contributed by atoms with E-state index in [0.717, 1.165) is 5.56 Å². The molecular weight excluding hydrogens is 293 g/mol. The fourth-order valence-electron chi connectivity index (χ4n) is 1.28. The van der Waals surface area contributed by atoms with Gasteiger partial charge >= 0.3 is 0 Å². The summed E-state index contributed by atoms with van der Waals surface area (Å²) >= 11 is 13.6. The largest absolute Gasteiger partial charge is 0.410 e. The molecule has 0 aliphatic carbocycles. The summed E-state index contributed by atoms with van der Waals surface area (Å²) in [6.45, 7) is 1.90. The summed E-state index contributed by atoms with van der Waals surface area (Å²) in [5.41, 5.74) is 4.69. The van der Waals surface area contributed by atoms with Crippen molar-refractivity contribution in [2.45, 2.75) is 23.9 Å². The van der Waals surface area contributed by atoms with Crippen molar-refractivity contribution < 1.29 is 10.2 Å². The molecule has 0 aliphatic heterocycles. The highest BCUT2D eigenvalue weighted by Crippen LogP contribution is 2.31. The van der Waals surface area contributed by atoms with E-state index in [-0.39, 0.29) is 6.04 Å². The minimum absolute atomic E-state index is 0.0178. The standard InChI is InChI=1S/C11H11Cl2N3OS/c1-6(14)10-15-16-11(17-10)18-5-7-8(12)3-2-4-9(7)13/h2-4,6H,5,14H2,1H3/p+1/t6-/m0/s1. The highest BCUT2D eigenvalue weighted by Gasteiger charge is 2.14. The van der Waals surface area contributed by atoms with Gasteiger partial charge in [-0.25, -0.2) is 0 Å². The maximum atomic E-state index is 6.08. The van der Waals surface area contributed by atoms with Crippen molar-refractivity contribution in [1.29, 1.82) is 0 Å². The van der Waals surface area contributed by atoms with Crippen molar-refractivity contribution in [3.05, 3.63) is 39.7 Å².